The zero-order chi connectivity index (χ0) is 14.4. The maximum atomic E-state index is 11.3. The van der Waals surface area contributed by atoms with E-state index in [1.807, 2.05) is 0 Å². The number of benzene rings is 1. The number of amides is 1. The van der Waals surface area contributed by atoms with E-state index < -0.39 is 21.8 Å². The van der Waals surface area contributed by atoms with Gasteiger partial charge in [0.15, 0.2) is 0 Å². The van der Waals surface area contributed by atoms with Crippen LogP contribution in [-0.2, 0) is 27.7 Å². The maximum Gasteiger partial charge on any atom is 0.404 e. The van der Waals surface area contributed by atoms with Gasteiger partial charge in [0.1, 0.15) is 0 Å². The molecule has 104 valence electrons. The minimum atomic E-state index is -1.12. The molecule has 1 atom stereocenters. The van der Waals surface area contributed by atoms with Gasteiger partial charge in [0, 0.05) is 41.4 Å². The van der Waals surface area contributed by atoms with Crippen LogP contribution in [0, 0.1) is 10.1 Å². The molecule has 0 fully saturated rings. The molecular formula is C11H14N2O5S. The molecule has 0 aliphatic heterocycles. The Kier molecular flexibility index (Phi) is 5.43. The summed E-state index contributed by atoms with van der Waals surface area (Å²) in [5.41, 5.74) is 6.15. The standard InChI is InChI=1S/C11H14N2O5S/c1-19(17)7-9-6-10(13(15)16)3-2-8(9)4-5-18-11(12)14/h2-3,6H,4-5,7H2,1H3,(H2,12,14). The van der Waals surface area contributed by atoms with Crippen molar-refractivity contribution in [3.63, 3.8) is 0 Å². The van der Waals surface area contributed by atoms with E-state index in [1.54, 1.807) is 6.07 Å². The van der Waals surface area contributed by atoms with Crippen LogP contribution >= 0.6 is 0 Å². The van der Waals surface area contributed by atoms with Crippen molar-refractivity contribution in [2.24, 2.45) is 5.73 Å². The van der Waals surface area contributed by atoms with Crippen LogP contribution in [0.3, 0.4) is 0 Å². The van der Waals surface area contributed by atoms with E-state index in [1.165, 1.54) is 18.4 Å². The molecule has 2 N–H and O–H groups in total. The molecule has 0 spiro atoms. The van der Waals surface area contributed by atoms with Crippen LogP contribution in [0.1, 0.15) is 11.1 Å². The van der Waals surface area contributed by atoms with Crippen molar-refractivity contribution in [3.05, 3.63) is 39.4 Å². The lowest BCUT2D eigenvalue weighted by molar-refractivity contribution is -0.384. The molecule has 1 aromatic rings. The number of carbonyl (C=O) groups excluding carboxylic acids is 1. The molecule has 0 radical (unpaired) electrons. The van der Waals surface area contributed by atoms with Crippen molar-refractivity contribution < 1.29 is 18.7 Å². The monoisotopic (exact) mass is 286 g/mol. The van der Waals surface area contributed by atoms with Gasteiger partial charge in [-0.25, -0.2) is 4.79 Å². The molecule has 1 aromatic carbocycles. The first-order valence-electron chi connectivity index (χ1n) is 5.38. The predicted octanol–water partition coefficient (Wildman–Crippen LogP) is 1.11. The molecule has 1 unspecified atom stereocenters. The molecule has 7 nitrogen and oxygen atoms in total. The van der Waals surface area contributed by atoms with E-state index in [9.17, 15) is 19.1 Å². The summed E-state index contributed by atoms with van der Waals surface area (Å²) >= 11 is 0. The van der Waals surface area contributed by atoms with E-state index in [2.05, 4.69) is 4.74 Å². The highest BCUT2D eigenvalue weighted by Crippen LogP contribution is 2.19. The minimum absolute atomic E-state index is 0.0555. The Hall–Kier alpha value is -1.96. The number of hydrogen-bond donors (Lipinski definition) is 1. The van der Waals surface area contributed by atoms with E-state index in [-0.39, 0.29) is 18.0 Å². The normalized spacial score (nSPS) is 11.8. The van der Waals surface area contributed by atoms with Crippen LogP contribution in [-0.4, -0.2) is 28.1 Å². The molecule has 1 amide bonds. The molecule has 0 saturated heterocycles. The molecule has 0 aliphatic carbocycles. The number of nitro benzene ring substituents is 1. The topological polar surface area (TPSA) is 113 Å². The SMILES string of the molecule is CS(=O)Cc1cc([N+](=O)[O-])ccc1CCOC(N)=O. The summed E-state index contributed by atoms with van der Waals surface area (Å²) in [4.78, 5) is 20.6. The number of non-ortho nitro benzene ring substituents is 1. The van der Waals surface area contributed by atoms with Crippen molar-refractivity contribution in [1.29, 1.82) is 0 Å². The number of carbonyl (C=O) groups is 1. The van der Waals surface area contributed by atoms with Gasteiger partial charge in [-0.2, -0.15) is 0 Å². The van der Waals surface area contributed by atoms with Crippen LogP contribution < -0.4 is 5.73 Å². The van der Waals surface area contributed by atoms with Crippen LogP contribution in [0.2, 0.25) is 0 Å². The van der Waals surface area contributed by atoms with Crippen molar-refractivity contribution in [3.8, 4) is 0 Å². The molecule has 0 aliphatic rings. The summed E-state index contributed by atoms with van der Waals surface area (Å²) in [6.45, 7) is 0.0799. The molecule has 0 heterocycles. The summed E-state index contributed by atoms with van der Waals surface area (Å²) in [7, 11) is -1.12. The Bertz CT molecular complexity index is 518. The zero-order valence-corrected chi connectivity index (χ0v) is 11.1. The Labute approximate surface area is 112 Å². The molecule has 0 bridgehead atoms. The second-order valence-electron chi connectivity index (χ2n) is 3.85. The maximum absolute atomic E-state index is 11.3. The van der Waals surface area contributed by atoms with Gasteiger partial charge in [0.2, 0.25) is 0 Å². The molecule has 1 rings (SSSR count). The average Bonchev–Trinajstić information content (AvgIpc) is 2.29. The summed E-state index contributed by atoms with van der Waals surface area (Å²) in [6.07, 6.45) is 1.01. The van der Waals surface area contributed by atoms with Gasteiger partial charge in [-0.1, -0.05) is 6.07 Å². The average molecular weight is 286 g/mol. The van der Waals surface area contributed by atoms with Crippen LogP contribution in [0.15, 0.2) is 18.2 Å². The number of primary amides is 1. The fourth-order valence-electron chi connectivity index (χ4n) is 1.58. The number of nitrogens with zero attached hydrogens (tertiary/aromatic N) is 1. The Morgan fingerprint density at radius 1 is 1.47 bits per heavy atom. The summed E-state index contributed by atoms with van der Waals surface area (Å²) in [5, 5.41) is 10.7. The second-order valence-corrected chi connectivity index (χ2v) is 5.28. The largest absolute Gasteiger partial charge is 0.449 e. The molecular weight excluding hydrogens is 272 g/mol. The number of nitro groups is 1. The summed E-state index contributed by atoms with van der Waals surface area (Å²) in [5.74, 6) is 0.216. The zero-order valence-electron chi connectivity index (χ0n) is 10.3. The molecule has 8 heteroatoms. The molecule has 0 aromatic heterocycles. The van der Waals surface area contributed by atoms with E-state index in [0.717, 1.165) is 5.56 Å². The van der Waals surface area contributed by atoms with Crippen LogP contribution in [0.4, 0.5) is 10.5 Å². The van der Waals surface area contributed by atoms with E-state index >= 15 is 0 Å². The molecule has 0 saturated carbocycles. The van der Waals surface area contributed by atoms with Crippen molar-refractivity contribution >= 4 is 22.6 Å². The van der Waals surface area contributed by atoms with Gasteiger partial charge in [0.05, 0.1) is 11.5 Å². The predicted molar refractivity (Wildman–Crippen MR) is 70.1 cm³/mol. The highest BCUT2D eigenvalue weighted by molar-refractivity contribution is 7.83. The Morgan fingerprint density at radius 2 is 2.16 bits per heavy atom. The lowest BCUT2D eigenvalue weighted by Gasteiger charge is -2.08. The van der Waals surface area contributed by atoms with E-state index in [0.29, 0.717) is 12.0 Å². The van der Waals surface area contributed by atoms with Crippen molar-refractivity contribution in [2.45, 2.75) is 12.2 Å². The lowest BCUT2D eigenvalue weighted by Crippen LogP contribution is -2.15. The number of ether oxygens (including phenoxy) is 1. The third-order valence-electron chi connectivity index (χ3n) is 2.38. The quantitative estimate of drug-likeness (QED) is 0.621. The van der Waals surface area contributed by atoms with Gasteiger partial charge >= 0.3 is 6.09 Å². The lowest BCUT2D eigenvalue weighted by atomic mass is 10.1. The van der Waals surface area contributed by atoms with Gasteiger partial charge < -0.3 is 10.5 Å². The third-order valence-corrected chi connectivity index (χ3v) is 3.09. The van der Waals surface area contributed by atoms with Gasteiger partial charge in [-0.3, -0.25) is 14.3 Å². The first-order valence-corrected chi connectivity index (χ1v) is 7.11. The minimum Gasteiger partial charge on any atom is -0.449 e. The van der Waals surface area contributed by atoms with Gasteiger partial charge in [0.25, 0.3) is 5.69 Å². The fourth-order valence-corrected chi connectivity index (χ4v) is 2.29. The smallest absolute Gasteiger partial charge is 0.404 e. The Morgan fingerprint density at radius 3 is 2.68 bits per heavy atom. The third kappa shape index (κ3) is 5.04. The van der Waals surface area contributed by atoms with Gasteiger partial charge in [-0.15, -0.1) is 0 Å². The van der Waals surface area contributed by atoms with Crippen molar-refractivity contribution in [2.75, 3.05) is 12.9 Å². The first-order chi connectivity index (χ1) is 8.90. The highest BCUT2D eigenvalue weighted by atomic mass is 32.2. The van der Waals surface area contributed by atoms with Crippen molar-refractivity contribution in [1.82, 2.24) is 0 Å². The van der Waals surface area contributed by atoms with Gasteiger partial charge in [-0.05, 0) is 11.1 Å². The number of hydrogen-bond acceptors (Lipinski definition) is 5. The molecule has 19 heavy (non-hydrogen) atoms. The summed E-state index contributed by atoms with van der Waals surface area (Å²) in [6, 6.07) is 4.33. The highest BCUT2D eigenvalue weighted by Gasteiger charge is 2.12. The fraction of sp³-hybridized carbons (Fsp3) is 0.364. The number of nitrogens with two attached hydrogens (primary N) is 1. The summed E-state index contributed by atoms with van der Waals surface area (Å²) < 4.78 is 15.9. The van der Waals surface area contributed by atoms with Crippen LogP contribution in [0.25, 0.3) is 0 Å². The first kappa shape index (κ1) is 15.1. The van der Waals surface area contributed by atoms with E-state index in [4.69, 9.17) is 5.73 Å². The second kappa shape index (κ2) is 6.83. The number of rotatable bonds is 6. The van der Waals surface area contributed by atoms with Crippen LogP contribution in [0.5, 0.6) is 0 Å². The Balaban J connectivity index is 2.91.